The van der Waals surface area contributed by atoms with Gasteiger partial charge in [-0.3, -0.25) is 9.59 Å². The molecule has 6 heteroatoms. The lowest BCUT2D eigenvalue weighted by Crippen LogP contribution is -2.32. The minimum atomic E-state index is -0.0379. The van der Waals surface area contributed by atoms with Crippen LogP contribution in [0.3, 0.4) is 0 Å². The molecule has 1 N–H and O–H groups in total. The highest BCUT2D eigenvalue weighted by Crippen LogP contribution is 2.28. The van der Waals surface area contributed by atoms with Crippen molar-refractivity contribution >= 4 is 11.9 Å². The van der Waals surface area contributed by atoms with E-state index in [0.29, 0.717) is 19.4 Å². The fraction of sp³-hybridized carbons (Fsp3) is 0.957. The molecule has 0 atom stereocenters. The van der Waals surface area contributed by atoms with Crippen LogP contribution in [0.4, 0.5) is 0 Å². The van der Waals surface area contributed by atoms with Crippen LogP contribution in [0.5, 0.6) is 0 Å². The van der Waals surface area contributed by atoms with E-state index in [9.17, 15) is 14.7 Å². The van der Waals surface area contributed by atoms with Crippen molar-refractivity contribution in [2.75, 3.05) is 32.8 Å². The van der Waals surface area contributed by atoms with Gasteiger partial charge in [-0.05, 0) is 82.7 Å². The number of esters is 2. The largest absolute Gasteiger partial charge is 0.466 e. The van der Waals surface area contributed by atoms with Crippen molar-refractivity contribution in [2.24, 2.45) is 5.41 Å². The van der Waals surface area contributed by atoms with Crippen molar-refractivity contribution < 1.29 is 24.2 Å². The Hall–Kier alpha value is -1.14. The standard InChI is InChI=1S/C46H91NO5/c1-6-9-12-15-18-24-31-42-51-44(49)34-28-29-36-46(4,5)37-39-47(40-41-48)38-30-23-19-22-27-35-45(50)52-43(32-25-20-16-13-10-7-2)33-26-21-17-14-11-8-3/h43,48H,6-42H2,1-5H3. The minimum absolute atomic E-state index is 0.0115. The molecule has 0 saturated heterocycles. The molecule has 0 aromatic carbocycles. The number of ether oxygens (including phenoxy) is 2. The van der Waals surface area contributed by atoms with Gasteiger partial charge in [0.15, 0.2) is 0 Å². The Morgan fingerprint density at radius 1 is 0.519 bits per heavy atom. The summed E-state index contributed by atoms with van der Waals surface area (Å²) in [5.41, 5.74) is 0.215. The van der Waals surface area contributed by atoms with E-state index < -0.39 is 0 Å². The Labute approximate surface area is 324 Å². The van der Waals surface area contributed by atoms with E-state index in [4.69, 9.17) is 9.47 Å². The van der Waals surface area contributed by atoms with Crippen molar-refractivity contribution in [2.45, 2.75) is 246 Å². The summed E-state index contributed by atoms with van der Waals surface area (Å²) in [5.74, 6) is -0.0264. The summed E-state index contributed by atoms with van der Waals surface area (Å²) in [6.07, 6.45) is 36.9. The number of aliphatic hydroxyl groups excluding tert-OH is 1. The first-order chi connectivity index (χ1) is 25.3. The molecule has 0 radical (unpaired) electrons. The zero-order valence-corrected chi connectivity index (χ0v) is 35.8. The van der Waals surface area contributed by atoms with E-state index in [1.807, 2.05) is 0 Å². The van der Waals surface area contributed by atoms with Crippen LogP contribution in [0.2, 0.25) is 0 Å². The highest BCUT2D eigenvalue weighted by atomic mass is 16.5. The van der Waals surface area contributed by atoms with Gasteiger partial charge in [-0.25, -0.2) is 0 Å². The molecule has 52 heavy (non-hydrogen) atoms. The summed E-state index contributed by atoms with van der Waals surface area (Å²) < 4.78 is 11.5. The van der Waals surface area contributed by atoms with Crippen molar-refractivity contribution in [3.8, 4) is 0 Å². The van der Waals surface area contributed by atoms with Crippen LogP contribution in [0.1, 0.15) is 240 Å². The monoisotopic (exact) mass is 738 g/mol. The van der Waals surface area contributed by atoms with Crippen molar-refractivity contribution in [1.82, 2.24) is 4.90 Å². The smallest absolute Gasteiger partial charge is 0.306 e. The number of hydrogen-bond acceptors (Lipinski definition) is 6. The fourth-order valence-corrected chi connectivity index (χ4v) is 7.20. The van der Waals surface area contributed by atoms with E-state index in [0.717, 1.165) is 103 Å². The predicted octanol–water partition coefficient (Wildman–Crippen LogP) is 13.3. The Morgan fingerprint density at radius 2 is 0.981 bits per heavy atom. The van der Waals surface area contributed by atoms with E-state index in [-0.39, 0.29) is 30.1 Å². The van der Waals surface area contributed by atoms with E-state index >= 15 is 0 Å². The molecule has 0 aromatic rings. The summed E-state index contributed by atoms with van der Waals surface area (Å²) in [4.78, 5) is 27.3. The Balaban J connectivity index is 4.15. The Kier molecular flexibility index (Phi) is 37.3. The minimum Gasteiger partial charge on any atom is -0.466 e. The lowest BCUT2D eigenvalue weighted by molar-refractivity contribution is -0.150. The van der Waals surface area contributed by atoms with E-state index in [1.165, 1.54) is 109 Å². The first-order valence-corrected chi connectivity index (χ1v) is 23.0. The number of carbonyl (C=O) groups is 2. The van der Waals surface area contributed by atoms with Crippen LogP contribution in [-0.4, -0.2) is 60.9 Å². The quantitative estimate of drug-likeness (QED) is 0.0497. The van der Waals surface area contributed by atoms with Gasteiger partial charge in [0.2, 0.25) is 0 Å². The lowest BCUT2D eigenvalue weighted by atomic mass is 9.83. The van der Waals surface area contributed by atoms with Crippen LogP contribution in [0.15, 0.2) is 0 Å². The molecule has 0 aliphatic carbocycles. The van der Waals surface area contributed by atoms with Crippen molar-refractivity contribution in [3.05, 3.63) is 0 Å². The summed E-state index contributed by atoms with van der Waals surface area (Å²) in [6.45, 7) is 14.9. The molecule has 0 aromatic heterocycles. The molecule has 0 unspecified atom stereocenters. The summed E-state index contributed by atoms with van der Waals surface area (Å²) in [6, 6.07) is 0. The third-order valence-electron chi connectivity index (χ3n) is 10.9. The molecule has 0 aliphatic heterocycles. The van der Waals surface area contributed by atoms with Gasteiger partial charge in [0, 0.05) is 19.4 Å². The molecule has 310 valence electrons. The third kappa shape index (κ3) is 35.9. The molecule has 0 rings (SSSR count). The van der Waals surface area contributed by atoms with Gasteiger partial charge < -0.3 is 19.5 Å². The highest BCUT2D eigenvalue weighted by Gasteiger charge is 2.19. The molecular weight excluding hydrogens is 647 g/mol. The van der Waals surface area contributed by atoms with Crippen LogP contribution in [0.25, 0.3) is 0 Å². The van der Waals surface area contributed by atoms with Gasteiger partial charge in [-0.2, -0.15) is 0 Å². The third-order valence-corrected chi connectivity index (χ3v) is 10.9. The second-order valence-corrected chi connectivity index (χ2v) is 16.8. The second kappa shape index (κ2) is 38.1. The Bertz CT molecular complexity index is 756. The maximum Gasteiger partial charge on any atom is 0.306 e. The van der Waals surface area contributed by atoms with Gasteiger partial charge in [-0.15, -0.1) is 0 Å². The van der Waals surface area contributed by atoms with E-state index in [2.05, 4.69) is 39.5 Å². The molecular formula is C46H91NO5. The van der Waals surface area contributed by atoms with Gasteiger partial charge in [0.1, 0.15) is 6.10 Å². The van der Waals surface area contributed by atoms with Crippen LogP contribution < -0.4 is 0 Å². The molecule has 0 aliphatic rings. The predicted molar refractivity (Wildman–Crippen MR) is 223 cm³/mol. The SMILES string of the molecule is CCCCCCCCCOC(=O)CCCCC(C)(C)CCN(CCO)CCCCCCCC(=O)OC(CCCCCCCC)CCCCCCCC. The number of nitrogens with zero attached hydrogens (tertiary/aromatic N) is 1. The Morgan fingerprint density at radius 3 is 1.54 bits per heavy atom. The number of unbranched alkanes of at least 4 members (excludes halogenated alkanes) is 21. The molecule has 0 amide bonds. The number of hydrogen-bond donors (Lipinski definition) is 1. The number of carbonyl (C=O) groups excluding carboxylic acids is 2. The summed E-state index contributed by atoms with van der Waals surface area (Å²) in [7, 11) is 0. The van der Waals surface area contributed by atoms with Gasteiger partial charge in [0.05, 0.1) is 13.2 Å². The van der Waals surface area contributed by atoms with Crippen molar-refractivity contribution in [1.29, 1.82) is 0 Å². The molecule has 0 saturated carbocycles. The second-order valence-electron chi connectivity index (χ2n) is 16.8. The molecule has 0 bridgehead atoms. The number of rotatable bonds is 41. The summed E-state index contributed by atoms with van der Waals surface area (Å²) in [5, 5.41) is 9.67. The first kappa shape index (κ1) is 50.9. The zero-order chi connectivity index (χ0) is 38.4. The summed E-state index contributed by atoms with van der Waals surface area (Å²) >= 11 is 0. The first-order valence-electron chi connectivity index (χ1n) is 23.0. The molecule has 6 nitrogen and oxygen atoms in total. The molecule has 0 heterocycles. The topological polar surface area (TPSA) is 76.1 Å². The molecule has 0 spiro atoms. The van der Waals surface area contributed by atoms with Crippen LogP contribution in [-0.2, 0) is 19.1 Å². The van der Waals surface area contributed by atoms with E-state index in [1.54, 1.807) is 0 Å². The van der Waals surface area contributed by atoms with Crippen molar-refractivity contribution in [3.63, 3.8) is 0 Å². The van der Waals surface area contributed by atoms with Gasteiger partial charge in [0.25, 0.3) is 0 Å². The zero-order valence-electron chi connectivity index (χ0n) is 35.8. The van der Waals surface area contributed by atoms with Gasteiger partial charge >= 0.3 is 11.9 Å². The lowest BCUT2D eigenvalue weighted by Gasteiger charge is -2.29. The fourth-order valence-electron chi connectivity index (χ4n) is 7.20. The van der Waals surface area contributed by atoms with Gasteiger partial charge in [-0.1, -0.05) is 163 Å². The normalized spacial score (nSPS) is 11.9. The maximum absolute atomic E-state index is 12.7. The van der Waals surface area contributed by atoms with Crippen LogP contribution >= 0.6 is 0 Å². The molecule has 0 fully saturated rings. The highest BCUT2D eigenvalue weighted by molar-refractivity contribution is 5.69. The number of aliphatic hydroxyl groups is 1. The maximum atomic E-state index is 12.7. The van der Waals surface area contributed by atoms with Crippen LogP contribution in [0, 0.1) is 5.41 Å². The average Bonchev–Trinajstić information content (AvgIpc) is 3.12. The average molecular weight is 738 g/mol.